The van der Waals surface area contributed by atoms with Gasteiger partial charge in [0, 0.05) is 13.1 Å². The third-order valence-corrected chi connectivity index (χ3v) is 5.70. The fourth-order valence-corrected chi connectivity index (χ4v) is 4.07. The fourth-order valence-electron chi connectivity index (χ4n) is 2.69. The molecule has 0 spiro atoms. The molecule has 0 aromatic heterocycles. The Balaban J connectivity index is 2.12. The van der Waals surface area contributed by atoms with Gasteiger partial charge in [-0.2, -0.15) is 5.26 Å². The Morgan fingerprint density at radius 2 is 1.87 bits per heavy atom. The molecule has 0 N–H and O–H groups in total. The maximum atomic E-state index is 11.9. The van der Waals surface area contributed by atoms with E-state index in [1.807, 2.05) is 6.07 Å². The van der Waals surface area contributed by atoms with Crippen molar-refractivity contribution in [1.29, 1.82) is 5.26 Å². The summed E-state index contributed by atoms with van der Waals surface area (Å²) in [7, 11) is -3.36. The van der Waals surface area contributed by atoms with Crippen molar-refractivity contribution in [2.45, 2.75) is 31.4 Å². The Hall–Kier alpha value is -0.600. The van der Waals surface area contributed by atoms with E-state index >= 15 is 0 Å². The van der Waals surface area contributed by atoms with Crippen molar-refractivity contribution in [3.8, 4) is 6.07 Å². The smallest absolute Gasteiger partial charge is 0.211 e. The molecule has 3 unspecified atom stereocenters. The van der Waals surface area contributed by atoms with Crippen LogP contribution in [0.4, 0.5) is 0 Å². The van der Waals surface area contributed by atoms with E-state index in [2.05, 4.69) is 0 Å². The molecule has 0 aromatic carbocycles. The van der Waals surface area contributed by atoms with Crippen LogP contribution in [0.25, 0.3) is 0 Å². The first-order valence-corrected chi connectivity index (χ1v) is 6.94. The predicted molar refractivity (Wildman–Crippen MR) is 56.4 cm³/mol. The van der Waals surface area contributed by atoms with E-state index in [9.17, 15) is 8.42 Å². The number of rotatable bonds is 2. The minimum Gasteiger partial charge on any atom is -0.211 e. The highest BCUT2D eigenvalue weighted by Gasteiger charge is 2.42. The monoisotopic (exact) mass is 228 g/mol. The molecule has 0 amide bonds. The van der Waals surface area contributed by atoms with Crippen molar-refractivity contribution >= 4 is 10.0 Å². The number of nitriles is 1. The molecule has 5 heteroatoms. The van der Waals surface area contributed by atoms with Crippen molar-refractivity contribution in [2.24, 2.45) is 11.8 Å². The molecule has 0 bridgehead atoms. The first-order valence-electron chi connectivity index (χ1n) is 5.44. The van der Waals surface area contributed by atoms with Gasteiger partial charge in [-0.3, -0.25) is 0 Å². The summed E-state index contributed by atoms with van der Waals surface area (Å²) in [6, 6.07) is 1.82. The lowest BCUT2D eigenvalue weighted by molar-refractivity contribution is 0.442. The topological polar surface area (TPSA) is 61.2 Å². The molecule has 2 rings (SSSR count). The van der Waals surface area contributed by atoms with Crippen LogP contribution >= 0.6 is 0 Å². The third kappa shape index (κ3) is 1.77. The highest BCUT2D eigenvalue weighted by Crippen LogP contribution is 2.39. The SMILES string of the molecule is CC(C#N)S(=O)(=O)N1CC2CCCC2C1. The number of fused-ring (bicyclic) bond motifs is 1. The normalized spacial score (nSPS) is 33.6. The molecule has 1 aliphatic carbocycles. The van der Waals surface area contributed by atoms with Crippen LogP contribution < -0.4 is 0 Å². The zero-order chi connectivity index (χ0) is 11.1. The molecule has 2 fully saturated rings. The molecule has 0 aromatic rings. The molecular weight excluding hydrogens is 212 g/mol. The van der Waals surface area contributed by atoms with Gasteiger partial charge >= 0.3 is 0 Å². The predicted octanol–water partition coefficient (Wildman–Crippen LogP) is 0.960. The molecule has 1 heterocycles. The molecule has 2 aliphatic rings. The van der Waals surface area contributed by atoms with Gasteiger partial charge in [-0.05, 0) is 31.6 Å². The number of nitrogens with zero attached hydrogens (tertiary/aromatic N) is 2. The summed E-state index contributed by atoms with van der Waals surface area (Å²) in [5.74, 6) is 1.09. The largest absolute Gasteiger partial charge is 0.230 e. The van der Waals surface area contributed by atoms with Gasteiger partial charge in [0.1, 0.15) is 0 Å². The van der Waals surface area contributed by atoms with Crippen LogP contribution in [0.15, 0.2) is 0 Å². The summed E-state index contributed by atoms with van der Waals surface area (Å²) in [6.45, 7) is 2.74. The van der Waals surface area contributed by atoms with Gasteiger partial charge in [-0.1, -0.05) is 6.42 Å². The molecular formula is C10H16N2O2S. The van der Waals surface area contributed by atoms with Crippen LogP contribution in [0.1, 0.15) is 26.2 Å². The Labute approximate surface area is 90.9 Å². The summed E-state index contributed by atoms with van der Waals surface area (Å²) in [5, 5.41) is 7.77. The molecule has 84 valence electrons. The first kappa shape index (κ1) is 10.9. The minimum atomic E-state index is -3.36. The second-order valence-electron chi connectivity index (χ2n) is 4.58. The summed E-state index contributed by atoms with van der Waals surface area (Å²) in [6.07, 6.45) is 3.53. The van der Waals surface area contributed by atoms with Crippen LogP contribution in [0, 0.1) is 23.2 Å². The quantitative estimate of drug-likeness (QED) is 0.707. The fraction of sp³-hybridized carbons (Fsp3) is 0.900. The maximum absolute atomic E-state index is 11.9. The number of sulfonamides is 1. The second-order valence-corrected chi connectivity index (χ2v) is 6.84. The average molecular weight is 228 g/mol. The van der Waals surface area contributed by atoms with E-state index < -0.39 is 15.3 Å². The van der Waals surface area contributed by atoms with Gasteiger partial charge in [-0.25, -0.2) is 12.7 Å². The molecule has 1 saturated carbocycles. The maximum Gasteiger partial charge on any atom is 0.230 e. The van der Waals surface area contributed by atoms with E-state index in [1.165, 1.54) is 17.6 Å². The van der Waals surface area contributed by atoms with Gasteiger partial charge < -0.3 is 0 Å². The molecule has 0 radical (unpaired) electrons. The summed E-state index contributed by atoms with van der Waals surface area (Å²) in [5.41, 5.74) is 0. The van der Waals surface area contributed by atoms with E-state index in [1.54, 1.807) is 0 Å². The molecule has 4 nitrogen and oxygen atoms in total. The van der Waals surface area contributed by atoms with Gasteiger partial charge in [0.2, 0.25) is 10.0 Å². The second kappa shape index (κ2) is 3.76. The average Bonchev–Trinajstić information content (AvgIpc) is 2.75. The Morgan fingerprint density at radius 1 is 1.33 bits per heavy atom. The zero-order valence-corrected chi connectivity index (χ0v) is 9.70. The van der Waals surface area contributed by atoms with Gasteiger partial charge in [0.25, 0.3) is 0 Å². The van der Waals surface area contributed by atoms with Gasteiger partial charge in [-0.15, -0.1) is 0 Å². The highest BCUT2D eigenvalue weighted by atomic mass is 32.2. The minimum absolute atomic E-state index is 0.547. The van der Waals surface area contributed by atoms with Crippen LogP contribution in [0.3, 0.4) is 0 Å². The number of hydrogen-bond donors (Lipinski definition) is 0. The standard InChI is InChI=1S/C10H16N2O2S/c1-8(5-11)15(13,14)12-6-9-3-2-4-10(9)7-12/h8-10H,2-4,6-7H2,1H3. The first-order chi connectivity index (χ1) is 7.05. The van der Waals surface area contributed by atoms with E-state index in [-0.39, 0.29) is 0 Å². The van der Waals surface area contributed by atoms with Crippen LogP contribution in [0.2, 0.25) is 0 Å². The Morgan fingerprint density at radius 3 is 2.33 bits per heavy atom. The van der Waals surface area contributed by atoms with Crippen molar-refractivity contribution < 1.29 is 8.42 Å². The van der Waals surface area contributed by atoms with Gasteiger partial charge in [0.05, 0.1) is 6.07 Å². The van der Waals surface area contributed by atoms with E-state index in [4.69, 9.17) is 5.26 Å². The third-order valence-electron chi connectivity index (χ3n) is 3.68. The lowest BCUT2D eigenvalue weighted by Crippen LogP contribution is -2.35. The molecule has 1 aliphatic heterocycles. The Kier molecular flexibility index (Phi) is 2.73. The summed E-state index contributed by atoms with van der Waals surface area (Å²) >= 11 is 0. The van der Waals surface area contributed by atoms with Gasteiger partial charge in [0.15, 0.2) is 5.25 Å². The van der Waals surface area contributed by atoms with Crippen LogP contribution in [-0.2, 0) is 10.0 Å². The number of hydrogen-bond acceptors (Lipinski definition) is 3. The van der Waals surface area contributed by atoms with Crippen molar-refractivity contribution in [2.75, 3.05) is 13.1 Å². The van der Waals surface area contributed by atoms with Crippen molar-refractivity contribution in [1.82, 2.24) is 4.31 Å². The highest BCUT2D eigenvalue weighted by molar-refractivity contribution is 7.89. The summed E-state index contributed by atoms with van der Waals surface area (Å²) in [4.78, 5) is 0. The van der Waals surface area contributed by atoms with Crippen molar-refractivity contribution in [3.63, 3.8) is 0 Å². The Bertz CT molecular complexity index is 373. The van der Waals surface area contributed by atoms with E-state index in [0.29, 0.717) is 24.9 Å². The molecule has 15 heavy (non-hydrogen) atoms. The molecule has 3 atom stereocenters. The lowest BCUT2D eigenvalue weighted by atomic mass is 10.0. The zero-order valence-electron chi connectivity index (χ0n) is 8.89. The molecule has 1 saturated heterocycles. The lowest BCUT2D eigenvalue weighted by Gasteiger charge is -2.18. The summed E-state index contributed by atoms with van der Waals surface area (Å²) < 4.78 is 25.3. The van der Waals surface area contributed by atoms with Crippen molar-refractivity contribution in [3.05, 3.63) is 0 Å². The van der Waals surface area contributed by atoms with E-state index in [0.717, 1.165) is 12.8 Å². The van der Waals surface area contributed by atoms with Crippen LogP contribution in [0.5, 0.6) is 0 Å². The van der Waals surface area contributed by atoms with Crippen LogP contribution in [-0.4, -0.2) is 31.1 Å².